The van der Waals surface area contributed by atoms with E-state index in [-0.39, 0.29) is 22.2 Å². The Morgan fingerprint density at radius 3 is 2.33 bits per heavy atom. The summed E-state index contributed by atoms with van der Waals surface area (Å²) in [6, 6.07) is 17.3. The summed E-state index contributed by atoms with van der Waals surface area (Å²) in [6.07, 6.45) is 0. The third-order valence-corrected chi connectivity index (χ3v) is 6.64. The van der Waals surface area contributed by atoms with E-state index in [1.165, 1.54) is 19.1 Å². The maximum atomic E-state index is 12.8. The number of sulfonamides is 1. The zero-order valence-electron chi connectivity index (χ0n) is 16.3. The van der Waals surface area contributed by atoms with Crippen LogP contribution in [0.25, 0.3) is 10.4 Å². The first-order valence-electron chi connectivity index (χ1n) is 8.96. The molecule has 2 aromatic carbocycles. The second-order valence-electron chi connectivity index (χ2n) is 6.42. The van der Waals surface area contributed by atoms with Crippen molar-refractivity contribution in [3.63, 3.8) is 0 Å². The van der Waals surface area contributed by atoms with Gasteiger partial charge in [-0.1, -0.05) is 48.0 Å². The second-order valence-corrected chi connectivity index (χ2v) is 9.16. The Bertz CT molecular complexity index is 1150. The van der Waals surface area contributed by atoms with Gasteiger partial charge in [0.25, 0.3) is 15.9 Å². The van der Waals surface area contributed by atoms with Gasteiger partial charge in [-0.05, 0) is 30.7 Å². The minimum atomic E-state index is -3.90. The van der Waals surface area contributed by atoms with Crippen molar-refractivity contribution in [3.05, 3.63) is 71.1 Å². The molecule has 3 aromatic rings. The fraction of sp³-hybridized carbons (Fsp3) is 0.143. The average Bonchev–Trinajstić information content (AvgIpc) is 3.12. The number of anilines is 1. The molecule has 3 rings (SSSR count). The Hall–Kier alpha value is -3.17. The van der Waals surface area contributed by atoms with Crippen LogP contribution in [-0.4, -0.2) is 27.0 Å². The summed E-state index contributed by atoms with van der Waals surface area (Å²) in [7, 11) is -3.90. The van der Waals surface area contributed by atoms with Crippen LogP contribution in [0.5, 0.6) is 0 Å². The Labute approximate surface area is 178 Å². The van der Waals surface area contributed by atoms with Gasteiger partial charge >= 0.3 is 5.97 Å². The molecule has 9 heteroatoms. The normalized spacial score (nSPS) is 11.0. The van der Waals surface area contributed by atoms with Crippen LogP contribution >= 0.6 is 11.3 Å². The first-order valence-corrected chi connectivity index (χ1v) is 11.3. The van der Waals surface area contributed by atoms with Crippen LogP contribution in [0.2, 0.25) is 0 Å². The molecule has 0 saturated heterocycles. The summed E-state index contributed by atoms with van der Waals surface area (Å²) in [5.41, 5.74) is 1.93. The maximum Gasteiger partial charge on any atom is 0.304 e. The number of esters is 1. The predicted octanol–water partition coefficient (Wildman–Crippen LogP) is 3.77. The van der Waals surface area contributed by atoms with Crippen molar-refractivity contribution in [1.82, 2.24) is 5.32 Å². The molecule has 0 spiro atoms. The number of nitrogens with one attached hydrogen (secondary N) is 2. The smallest absolute Gasteiger partial charge is 0.304 e. The summed E-state index contributed by atoms with van der Waals surface area (Å²) >= 11 is 1.14. The van der Waals surface area contributed by atoms with Crippen LogP contribution in [0.15, 0.2) is 65.6 Å². The van der Waals surface area contributed by atoms with Gasteiger partial charge in [-0.15, -0.1) is 11.3 Å². The Morgan fingerprint density at radius 1 is 1.03 bits per heavy atom. The molecule has 30 heavy (non-hydrogen) atoms. The maximum absolute atomic E-state index is 12.8. The van der Waals surface area contributed by atoms with Gasteiger partial charge in [0.15, 0.2) is 6.73 Å². The summed E-state index contributed by atoms with van der Waals surface area (Å²) in [4.78, 5) is 24.5. The zero-order valence-corrected chi connectivity index (χ0v) is 18.0. The number of thiophene rings is 1. The van der Waals surface area contributed by atoms with Gasteiger partial charge in [0.1, 0.15) is 4.88 Å². The molecular formula is C21H20N2O5S2. The van der Waals surface area contributed by atoms with E-state index in [2.05, 4.69) is 10.0 Å². The molecule has 2 N–H and O–H groups in total. The SMILES string of the molecule is CC(=O)OCNC(=O)c1sc(-c2ccccc2)cc1NS(=O)(=O)c1ccc(C)cc1. The van der Waals surface area contributed by atoms with E-state index in [4.69, 9.17) is 4.74 Å². The van der Waals surface area contributed by atoms with E-state index < -0.39 is 21.9 Å². The topological polar surface area (TPSA) is 102 Å². The number of amides is 1. The first kappa shape index (κ1) is 21.5. The fourth-order valence-corrected chi connectivity index (χ4v) is 4.75. The lowest BCUT2D eigenvalue weighted by Crippen LogP contribution is -2.27. The van der Waals surface area contributed by atoms with Gasteiger partial charge in [-0.2, -0.15) is 0 Å². The molecule has 0 atom stereocenters. The van der Waals surface area contributed by atoms with E-state index in [0.717, 1.165) is 27.3 Å². The van der Waals surface area contributed by atoms with E-state index in [1.54, 1.807) is 18.2 Å². The Kier molecular flexibility index (Phi) is 6.53. The van der Waals surface area contributed by atoms with E-state index in [1.807, 2.05) is 37.3 Å². The number of aryl methyl sites for hydroxylation is 1. The largest absolute Gasteiger partial charge is 0.445 e. The Balaban J connectivity index is 1.94. The van der Waals surface area contributed by atoms with Gasteiger partial charge in [0, 0.05) is 11.8 Å². The minimum Gasteiger partial charge on any atom is -0.445 e. The molecule has 0 bridgehead atoms. The van der Waals surface area contributed by atoms with Crippen LogP contribution < -0.4 is 10.0 Å². The molecule has 0 saturated carbocycles. The predicted molar refractivity (Wildman–Crippen MR) is 116 cm³/mol. The molecule has 7 nitrogen and oxygen atoms in total. The molecule has 0 unspecified atom stereocenters. The lowest BCUT2D eigenvalue weighted by Gasteiger charge is -2.09. The van der Waals surface area contributed by atoms with Crippen molar-refractivity contribution in [2.24, 2.45) is 0 Å². The third kappa shape index (κ3) is 5.25. The lowest BCUT2D eigenvalue weighted by molar-refractivity contribution is -0.141. The molecule has 156 valence electrons. The van der Waals surface area contributed by atoms with Crippen molar-refractivity contribution in [3.8, 4) is 10.4 Å². The highest BCUT2D eigenvalue weighted by Crippen LogP contribution is 2.36. The number of carbonyl (C=O) groups excluding carboxylic acids is 2. The number of ether oxygens (including phenoxy) is 1. The number of benzene rings is 2. The number of carbonyl (C=O) groups is 2. The molecule has 0 aliphatic rings. The van der Waals surface area contributed by atoms with Crippen LogP contribution in [0, 0.1) is 6.92 Å². The number of hydrogen-bond donors (Lipinski definition) is 2. The summed E-state index contributed by atoms with van der Waals surface area (Å²) in [5.74, 6) is -1.09. The zero-order chi connectivity index (χ0) is 21.7. The minimum absolute atomic E-state index is 0.0897. The Morgan fingerprint density at radius 2 is 1.70 bits per heavy atom. The van der Waals surface area contributed by atoms with E-state index >= 15 is 0 Å². The fourth-order valence-electron chi connectivity index (χ4n) is 2.58. The van der Waals surface area contributed by atoms with Crippen molar-refractivity contribution in [2.45, 2.75) is 18.7 Å². The highest BCUT2D eigenvalue weighted by Gasteiger charge is 2.22. The van der Waals surface area contributed by atoms with E-state index in [0.29, 0.717) is 0 Å². The van der Waals surface area contributed by atoms with E-state index in [9.17, 15) is 18.0 Å². The van der Waals surface area contributed by atoms with Crippen LogP contribution in [-0.2, 0) is 19.6 Å². The monoisotopic (exact) mass is 444 g/mol. The lowest BCUT2D eigenvalue weighted by atomic mass is 10.2. The molecule has 1 heterocycles. The van der Waals surface area contributed by atoms with Crippen LogP contribution in [0.4, 0.5) is 5.69 Å². The molecule has 1 aromatic heterocycles. The standard InChI is InChI=1S/C21H20N2O5S2/c1-14-8-10-17(11-9-14)30(26,27)23-18-12-19(16-6-4-3-5-7-16)29-20(18)21(25)22-13-28-15(2)24/h3-12,23H,13H2,1-2H3,(H,22,25). The molecule has 1 amide bonds. The number of rotatable bonds is 7. The first-order chi connectivity index (χ1) is 14.3. The van der Waals surface area contributed by atoms with Gasteiger partial charge in [-0.25, -0.2) is 8.42 Å². The molecule has 0 aliphatic carbocycles. The highest BCUT2D eigenvalue weighted by molar-refractivity contribution is 7.92. The van der Waals surface area contributed by atoms with Crippen molar-refractivity contribution < 1.29 is 22.7 Å². The van der Waals surface area contributed by atoms with Crippen molar-refractivity contribution in [2.75, 3.05) is 11.5 Å². The van der Waals surface area contributed by atoms with Gasteiger partial charge in [0.05, 0.1) is 10.6 Å². The summed E-state index contributed by atoms with van der Waals surface area (Å²) in [6.45, 7) is 2.78. The quantitative estimate of drug-likeness (QED) is 0.427. The molecular weight excluding hydrogens is 424 g/mol. The molecule has 0 fully saturated rings. The van der Waals surface area contributed by atoms with Gasteiger partial charge in [0.2, 0.25) is 0 Å². The number of hydrogen-bond acceptors (Lipinski definition) is 6. The summed E-state index contributed by atoms with van der Waals surface area (Å²) in [5, 5.41) is 2.46. The van der Waals surface area contributed by atoms with Crippen molar-refractivity contribution >= 4 is 38.9 Å². The second kappa shape index (κ2) is 9.10. The van der Waals surface area contributed by atoms with Gasteiger partial charge in [-0.3, -0.25) is 14.3 Å². The molecule has 0 aliphatic heterocycles. The summed E-state index contributed by atoms with van der Waals surface area (Å²) < 4.78 is 32.9. The van der Waals surface area contributed by atoms with Crippen LogP contribution in [0.1, 0.15) is 22.2 Å². The molecule has 0 radical (unpaired) electrons. The highest BCUT2D eigenvalue weighted by atomic mass is 32.2. The van der Waals surface area contributed by atoms with Gasteiger partial charge < -0.3 is 10.1 Å². The average molecular weight is 445 g/mol. The van der Waals surface area contributed by atoms with Crippen LogP contribution in [0.3, 0.4) is 0 Å². The third-order valence-electron chi connectivity index (χ3n) is 4.08. The van der Waals surface area contributed by atoms with Crippen molar-refractivity contribution in [1.29, 1.82) is 0 Å².